The molecule has 0 aromatic carbocycles. The number of morpholine rings is 1. The lowest BCUT2D eigenvalue weighted by Gasteiger charge is -2.26. The molecule has 0 bridgehead atoms. The molecule has 0 spiro atoms. The van der Waals surface area contributed by atoms with Crippen LogP contribution < -0.4 is 10.6 Å². The van der Waals surface area contributed by atoms with Gasteiger partial charge in [0, 0.05) is 26.2 Å². The summed E-state index contributed by atoms with van der Waals surface area (Å²) in [6.45, 7) is 6.44. The molecular weight excluding hydrogens is 262 g/mol. The van der Waals surface area contributed by atoms with Crippen LogP contribution in [0.3, 0.4) is 0 Å². The van der Waals surface area contributed by atoms with Crippen LogP contribution in [0.5, 0.6) is 0 Å². The first-order valence-electron chi connectivity index (χ1n) is 7.20. The number of carbonyl (C=O) groups is 2. The minimum Gasteiger partial charge on any atom is -0.480 e. The molecule has 3 N–H and O–H groups in total. The van der Waals surface area contributed by atoms with E-state index in [1.807, 2.05) is 6.92 Å². The van der Waals surface area contributed by atoms with Crippen LogP contribution in [0, 0.1) is 0 Å². The molecule has 1 heterocycles. The van der Waals surface area contributed by atoms with Gasteiger partial charge in [0.2, 0.25) is 0 Å². The van der Waals surface area contributed by atoms with Crippen molar-refractivity contribution in [3.8, 4) is 0 Å². The van der Waals surface area contributed by atoms with Crippen molar-refractivity contribution in [2.45, 2.75) is 32.2 Å². The maximum absolute atomic E-state index is 11.6. The van der Waals surface area contributed by atoms with Gasteiger partial charge in [-0.15, -0.1) is 0 Å². The molecule has 0 radical (unpaired) electrons. The number of carboxylic acids is 1. The second-order valence-corrected chi connectivity index (χ2v) is 4.89. The molecule has 0 saturated carbocycles. The molecule has 1 aliphatic rings. The monoisotopic (exact) mass is 287 g/mol. The number of rotatable bonds is 8. The van der Waals surface area contributed by atoms with E-state index in [1.54, 1.807) is 0 Å². The first-order chi connectivity index (χ1) is 9.63. The van der Waals surface area contributed by atoms with E-state index in [4.69, 9.17) is 9.84 Å². The van der Waals surface area contributed by atoms with Gasteiger partial charge in [-0.3, -0.25) is 4.90 Å². The highest BCUT2D eigenvalue weighted by atomic mass is 16.5. The highest BCUT2D eigenvalue weighted by molar-refractivity contribution is 5.82. The fourth-order valence-corrected chi connectivity index (χ4v) is 2.03. The summed E-state index contributed by atoms with van der Waals surface area (Å²) in [6, 6.07) is -1.22. The number of ether oxygens (including phenoxy) is 1. The van der Waals surface area contributed by atoms with Crippen LogP contribution >= 0.6 is 0 Å². The molecule has 1 rings (SSSR count). The van der Waals surface area contributed by atoms with E-state index in [0.29, 0.717) is 13.0 Å². The molecule has 1 atom stereocenters. The van der Waals surface area contributed by atoms with E-state index >= 15 is 0 Å². The molecule has 1 fully saturated rings. The zero-order valence-corrected chi connectivity index (χ0v) is 12.1. The maximum atomic E-state index is 11.6. The zero-order valence-electron chi connectivity index (χ0n) is 12.1. The van der Waals surface area contributed by atoms with Gasteiger partial charge in [-0.2, -0.15) is 0 Å². The molecule has 1 aliphatic heterocycles. The molecular formula is C13H25N3O4. The Morgan fingerprint density at radius 2 is 2.05 bits per heavy atom. The summed E-state index contributed by atoms with van der Waals surface area (Å²) >= 11 is 0. The number of urea groups is 1. The van der Waals surface area contributed by atoms with Crippen LogP contribution in [0.4, 0.5) is 4.79 Å². The molecule has 116 valence electrons. The van der Waals surface area contributed by atoms with Gasteiger partial charge in [-0.05, 0) is 6.42 Å². The van der Waals surface area contributed by atoms with Gasteiger partial charge in [0.1, 0.15) is 6.04 Å². The summed E-state index contributed by atoms with van der Waals surface area (Å²) in [7, 11) is 0. The Morgan fingerprint density at radius 3 is 2.65 bits per heavy atom. The van der Waals surface area contributed by atoms with Crippen molar-refractivity contribution in [1.29, 1.82) is 0 Å². The van der Waals surface area contributed by atoms with Crippen molar-refractivity contribution >= 4 is 12.0 Å². The third-order valence-corrected chi connectivity index (χ3v) is 3.27. The van der Waals surface area contributed by atoms with E-state index in [9.17, 15) is 9.59 Å². The average Bonchev–Trinajstić information content (AvgIpc) is 2.44. The lowest BCUT2D eigenvalue weighted by atomic mass is 10.1. The first-order valence-corrected chi connectivity index (χ1v) is 7.20. The van der Waals surface area contributed by atoms with Crippen molar-refractivity contribution in [1.82, 2.24) is 15.5 Å². The van der Waals surface area contributed by atoms with E-state index in [-0.39, 0.29) is 0 Å². The topological polar surface area (TPSA) is 90.9 Å². The van der Waals surface area contributed by atoms with Crippen LogP contribution in [0.2, 0.25) is 0 Å². The fraction of sp³-hybridized carbons (Fsp3) is 0.846. The van der Waals surface area contributed by atoms with Crippen LogP contribution in [-0.4, -0.2) is 67.4 Å². The molecule has 7 nitrogen and oxygen atoms in total. The molecule has 0 aliphatic carbocycles. The number of nitrogens with zero attached hydrogens (tertiary/aromatic N) is 1. The minimum atomic E-state index is -0.984. The number of carboxylic acid groups (broad SMARTS) is 1. The molecule has 1 saturated heterocycles. The van der Waals surface area contributed by atoms with E-state index in [1.165, 1.54) is 0 Å². The van der Waals surface area contributed by atoms with Gasteiger partial charge < -0.3 is 20.5 Å². The summed E-state index contributed by atoms with van der Waals surface area (Å²) in [5, 5.41) is 14.2. The lowest BCUT2D eigenvalue weighted by Crippen LogP contribution is -2.48. The van der Waals surface area contributed by atoms with Crippen LogP contribution in [0.25, 0.3) is 0 Å². The van der Waals surface area contributed by atoms with E-state index in [0.717, 1.165) is 45.7 Å². The van der Waals surface area contributed by atoms with Crippen LogP contribution in [-0.2, 0) is 9.53 Å². The number of aliphatic carboxylic acids is 1. The summed E-state index contributed by atoms with van der Waals surface area (Å²) in [6.07, 6.45) is 2.15. The Morgan fingerprint density at radius 1 is 1.35 bits per heavy atom. The Kier molecular flexibility index (Phi) is 7.98. The minimum absolute atomic E-state index is 0.415. The third kappa shape index (κ3) is 6.72. The molecule has 20 heavy (non-hydrogen) atoms. The standard InChI is InChI=1S/C13H25N3O4/c1-2-3-4-11(12(17)18)15-13(19)14-5-6-16-7-9-20-10-8-16/h11H,2-10H2,1H3,(H,17,18)(H2,14,15,19)/t11-/m0/s1. The number of carbonyl (C=O) groups excluding carboxylic acids is 1. The zero-order chi connectivity index (χ0) is 14.8. The highest BCUT2D eigenvalue weighted by Crippen LogP contribution is 2.00. The first kappa shape index (κ1) is 16.7. The SMILES string of the molecule is CCCC[C@H](NC(=O)NCCN1CCOCC1)C(=O)O. The van der Waals surface area contributed by atoms with Crippen molar-refractivity contribution in [2.75, 3.05) is 39.4 Å². The Balaban J connectivity index is 2.18. The largest absolute Gasteiger partial charge is 0.480 e. The number of hydrogen-bond donors (Lipinski definition) is 3. The smallest absolute Gasteiger partial charge is 0.326 e. The van der Waals surface area contributed by atoms with Gasteiger partial charge in [0.05, 0.1) is 13.2 Å². The molecule has 0 aromatic rings. The Hall–Kier alpha value is -1.34. The van der Waals surface area contributed by atoms with Crippen LogP contribution in [0.15, 0.2) is 0 Å². The van der Waals surface area contributed by atoms with Crippen molar-refractivity contribution in [3.05, 3.63) is 0 Å². The maximum Gasteiger partial charge on any atom is 0.326 e. The predicted octanol–water partition coefficient (Wildman–Crippen LogP) is 0.261. The normalized spacial score (nSPS) is 17.4. The average molecular weight is 287 g/mol. The quantitative estimate of drug-likeness (QED) is 0.596. The van der Waals surface area contributed by atoms with Crippen molar-refractivity contribution in [3.63, 3.8) is 0 Å². The van der Waals surface area contributed by atoms with Crippen molar-refractivity contribution < 1.29 is 19.4 Å². The Bertz CT molecular complexity index is 306. The molecule has 0 aromatic heterocycles. The highest BCUT2D eigenvalue weighted by Gasteiger charge is 2.19. The van der Waals surface area contributed by atoms with Gasteiger partial charge in [-0.1, -0.05) is 19.8 Å². The molecule has 7 heteroatoms. The number of hydrogen-bond acceptors (Lipinski definition) is 4. The van der Waals surface area contributed by atoms with E-state index in [2.05, 4.69) is 15.5 Å². The number of unbranched alkanes of at least 4 members (excludes halogenated alkanes) is 1. The Labute approximate surface area is 119 Å². The fourth-order valence-electron chi connectivity index (χ4n) is 2.03. The lowest BCUT2D eigenvalue weighted by molar-refractivity contribution is -0.139. The summed E-state index contributed by atoms with van der Waals surface area (Å²) in [5.41, 5.74) is 0. The summed E-state index contributed by atoms with van der Waals surface area (Å²) < 4.78 is 5.24. The van der Waals surface area contributed by atoms with Gasteiger partial charge in [0.15, 0.2) is 0 Å². The predicted molar refractivity (Wildman–Crippen MR) is 74.7 cm³/mol. The molecule has 2 amide bonds. The van der Waals surface area contributed by atoms with Crippen molar-refractivity contribution in [2.24, 2.45) is 0 Å². The van der Waals surface area contributed by atoms with E-state index < -0.39 is 18.0 Å². The second-order valence-electron chi connectivity index (χ2n) is 4.89. The van der Waals surface area contributed by atoms with Gasteiger partial charge >= 0.3 is 12.0 Å². The second kappa shape index (κ2) is 9.55. The van der Waals surface area contributed by atoms with Gasteiger partial charge in [-0.25, -0.2) is 9.59 Å². The number of amides is 2. The molecule has 0 unspecified atom stereocenters. The number of nitrogens with one attached hydrogen (secondary N) is 2. The third-order valence-electron chi connectivity index (χ3n) is 3.27. The summed E-state index contributed by atoms with van der Waals surface area (Å²) in [5.74, 6) is -0.984. The summed E-state index contributed by atoms with van der Waals surface area (Å²) in [4.78, 5) is 24.8. The van der Waals surface area contributed by atoms with Gasteiger partial charge in [0.25, 0.3) is 0 Å². The van der Waals surface area contributed by atoms with Crippen LogP contribution in [0.1, 0.15) is 26.2 Å².